The van der Waals surface area contributed by atoms with Crippen LogP contribution in [0.15, 0.2) is 6.07 Å². The Balaban J connectivity index is 2.03. The van der Waals surface area contributed by atoms with Crippen LogP contribution in [0.3, 0.4) is 0 Å². The van der Waals surface area contributed by atoms with Gasteiger partial charge in [-0.25, -0.2) is 0 Å². The minimum atomic E-state index is 0.0209. The molecule has 0 N–H and O–H groups in total. The van der Waals surface area contributed by atoms with E-state index in [9.17, 15) is 0 Å². The van der Waals surface area contributed by atoms with Crippen LogP contribution in [-0.2, 0) is 26.7 Å². The van der Waals surface area contributed by atoms with Crippen LogP contribution in [0, 0.1) is 0 Å². The molecule has 0 radical (unpaired) electrons. The molecule has 0 spiro atoms. The third kappa shape index (κ3) is 4.81. The second-order valence-electron chi connectivity index (χ2n) is 8.38. The SMILES string of the molecule is CC(C)(C)c1cc(CCOC2CCCCO2)c(C(C)(C)C)s1. The Hall–Kier alpha value is -0.380. The minimum absolute atomic E-state index is 0.0209. The van der Waals surface area contributed by atoms with Crippen molar-refractivity contribution in [3.63, 3.8) is 0 Å². The summed E-state index contributed by atoms with van der Waals surface area (Å²) in [5.74, 6) is 0. The largest absolute Gasteiger partial charge is 0.353 e. The van der Waals surface area contributed by atoms with Crippen LogP contribution in [-0.4, -0.2) is 19.5 Å². The number of thiophene rings is 1. The zero-order valence-corrected chi connectivity index (χ0v) is 15.9. The molecule has 2 nitrogen and oxygen atoms in total. The van der Waals surface area contributed by atoms with Crippen LogP contribution in [0.1, 0.15) is 76.1 Å². The Morgan fingerprint density at radius 3 is 2.41 bits per heavy atom. The summed E-state index contributed by atoms with van der Waals surface area (Å²) in [6.45, 7) is 15.4. The quantitative estimate of drug-likeness (QED) is 0.735. The van der Waals surface area contributed by atoms with E-state index in [0.717, 1.165) is 26.1 Å². The van der Waals surface area contributed by atoms with Crippen LogP contribution in [0.5, 0.6) is 0 Å². The fourth-order valence-electron chi connectivity index (χ4n) is 2.76. The molecule has 1 aromatic heterocycles. The van der Waals surface area contributed by atoms with E-state index in [0.29, 0.717) is 0 Å². The molecule has 0 bridgehead atoms. The first-order valence-corrected chi connectivity index (χ1v) is 9.36. The minimum Gasteiger partial charge on any atom is -0.353 e. The Labute approximate surface area is 140 Å². The third-order valence-corrected chi connectivity index (χ3v) is 6.07. The molecular formula is C19H32O2S. The summed E-state index contributed by atoms with van der Waals surface area (Å²) < 4.78 is 11.6. The summed E-state index contributed by atoms with van der Waals surface area (Å²) in [6.07, 6.45) is 4.45. The smallest absolute Gasteiger partial charge is 0.157 e. The number of hydrogen-bond donors (Lipinski definition) is 0. The summed E-state index contributed by atoms with van der Waals surface area (Å²) in [5.41, 5.74) is 1.87. The predicted octanol–water partition coefficient (Wildman–Crippen LogP) is 5.43. The lowest BCUT2D eigenvalue weighted by molar-refractivity contribution is -0.161. The molecule has 3 heteroatoms. The van der Waals surface area contributed by atoms with Gasteiger partial charge in [-0.15, -0.1) is 11.3 Å². The molecule has 1 atom stereocenters. The second kappa shape index (κ2) is 7.02. The van der Waals surface area contributed by atoms with Crippen molar-refractivity contribution in [2.24, 2.45) is 0 Å². The first-order valence-electron chi connectivity index (χ1n) is 8.55. The average Bonchev–Trinajstić information content (AvgIpc) is 2.84. The van der Waals surface area contributed by atoms with Crippen molar-refractivity contribution < 1.29 is 9.47 Å². The molecule has 0 amide bonds. The van der Waals surface area contributed by atoms with E-state index in [-0.39, 0.29) is 17.1 Å². The maximum atomic E-state index is 5.93. The lowest BCUT2D eigenvalue weighted by Gasteiger charge is -2.23. The van der Waals surface area contributed by atoms with Gasteiger partial charge in [0.15, 0.2) is 6.29 Å². The van der Waals surface area contributed by atoms with Gasteiger partial charge in [-0.3, -0.25) is 0 Å². The van der Waals surface area contributed by atoms with E-state index in [4.69, 9.17) is 9.47 Å². The summed E-state index contributed by atoms with van der Waals surface area (Å²) >= 11 is 1.97. The summed E-state index contributed by atoms with van der Waals surface area (Å²) in [5, 5.41) is 0. The molecule has 0 aliphatic carbocycles. The van der Waals surface area contributed by atoms with Crippen molar-refractivity contribution in [1.29, 1.82) is 0 Å². The topological polar surface area (TPSA) is 18.5 Å². The fraction of sp³-hybridized carbons (Fsp3) is 0.789. The molecule has 22 heavy (non-hydrogen) atoms. The van der Waals surface area contributed by atoms with Gasteiger partial charge < -0.3 is 9.47 Å². The number of ether oxygens (including phenoxy) is 2. The molecule has 1 unspecified atom stereocenters. The van der Waals surface area contributed by atoms with E-state index < -0.39 is 0 Å². The van der Waals surface area contributed by atoms with Crippen LogP contribution >= 0.6 is 11.3 Å². The molecule has 1 aromatic rings. The summed E-state index contributed by atoms with van der Waals surface area (Å²) in [6, 6.07) is 2.40. The molecular weight excluding hydrogens is 292 g/mol. The van der Waals surface area contributed by atoms with Crippen molar-refractivity contribution in [2.75, 3.05) is 13.2 Å². The average molecular weight is 325 g/mol. The molecule has 126 valence electrons. The maximum Gasteiger partial charge on any atom is 0.157 e. The Kier molecular flexibility index (Phi) is 5.73. The molecule has 0 saturated carbocycles. The van der Waals surface area contributed by atoms with Gasteiger partial charge in [0.1, 0.15) is 0 Å². The summed E-state index contributed by atoms with van der Waals surface area (Å²) in [7, 11) is 0. The van der Waals surface area contributed by atoms with Gasteiger partial charge in [0.2, 0.25) is 0 Å². The van der Waals surface area contributed by atoms with Crippen molar-refractivity contribution in [3.8, 4) is 0 Å². The van der Waals surface area contributed by atoms with Gasteiger partial charge in [-0.2, -0.15) is 0 Å². The van der Waals surface area contributed by atoms with E-state index >= 15 is 0 Å². The zero-order valence-electron chi connectivity index (χ0n) is 15.1. The van der Waals surface area contributed by atoms with E-state index in [2.05, 4.69) is 47.6 Å². The van der Waals surface area contributed by atoms with Crippen molar-refractivity contribution in [3.05, 3.63) is 21.4 Å². The molecule has 0 aromatic carbocycles. The molecule has 2 rings (SSSR count). The van der Waals surface area contributed by atoms with Crippen LogP contribution in [0.25, 0.3) is 0 Å². The highest BCUT2D eigenvalue weighted by atomic mass is 32.1. The standard InChI is InChI=1S/C19H32O2S/c1-18(2,3)15-13-14(17(22-15)19(4,5)6)10-12-21-16-9-7-8-11-20-16/h13,16H,7-12H2,1-6H3. The second-order valence-corrected chi connectivity index (χ2v) is 9.43. The van der Waals surface area contributed by atoms with E-state index in [1.54, 1.807) is 0 Å². The van der Waals surface area contributed by atoms with Gasteiger partial charge in [0, 0.05) is 16.4 Å². The third-order valence-electron chi connectivity index (χ3n) is 4.04. The highest BCUT2D eigenvalue weighted by Crippen LogP contribution is 2.39. The summed E-state index contributed by atoms with van der Waals surface area (Å²) in [4.78, 5) is 2.98. The van der Waals surface area contributed by atoms with Gasteiger partial charge in [0.05, 0.1) is 6.61 Å². The van der Waals surface area contributed by atoms with Gasteiger partial charge in [-0.05, 0) is 48.1 Å². The monoisotopic (exact) mass is 324 g/mol. The van der Waals surface area contributed by atoms with Crippen molar-refractivity contribution in [2.45, 2.75) is 84.3 Å². The maximum absolute atomic E-state index is 5.93. The molecule has 1 saturated heterocycles. The Morgan fingerprint density at radius 2 is 1.86 bits per heavy atom. The molecule has 1 aliphatic rings. The lowest BCUT2D eigenvalue weighted by Crippen LogP contribution is -2.23. The molecule has 1 fully saturated rings. The van der Waals surface area contributed by atoms with Crippen molar-refractivity contribution in [1.82, 2.24) is 0 Å². The van der Waals surface area contributed by atoms with Gasteiger partial charge in [-0.1, -0.05) is 41.5 Å². The van der Waals surface area contributed by atoms with E-state index in [1.165, 1.54) is 28.2 Å². The van der Waals surface area contributed by atoms with Gasteiger partial charge >= 0.3 is 0 Å². The normalized spacial score (nSPS) is 20.4. The Bertz CT molecular complexity index is 471. The van der Waals surface area contributed by atoms with Gasteiger partial charge in [0.25, 0.3) is 0 Å². The first-order chi connectivity index (χ1) is 10.2. The van der Waals surface area contributed by atoms with Crippen LogP contribution in [0.4, 0.5) is 0 Å². The lowest BCUT2D eigenvalue weighted by atomic mass is 9.89. The molecule has 2 heterocycles. The van der Waals surface area contributed by atoms with Crippen LogP contribution in [0.2, 0.25) is 0 Å². The zero-order chi connectivity index (χ0) is 16.4. The molecule has 1 aliphatic heterocycles. The van der Waals surface area contributed by atoms with Crippen LogP contribution < -0.4 is 0 Å². The first kappa shape index (κ1) is 18.0. The van der Waals surface area contributed by atoms with Crippen molar-refractivity contribution >= 4 is 11.3 Å². The Morgan fingerprint density at radius 1 is 1.14 bits per heavy atom. The number of hydrogen-bond acceptors (Lipinski definition) is 3. The fourth-order valence-corrected chi connectivity index (χ4v) is 4.09. The van der Waals surface area contributed by atoms with E-state index in [1.807, 2.05) is 11.3 Å². The number of rotatable bonds is 4. The highest BCUT2D eigenvalue weighted by Gasteiger charge is 2.25. The predicted molar refractivity (Wildman–Crippen MR) is 95.0 cm³/mol. The highest BCUT2D eigenvalue weighted by molar-refractivity contribution is 7.12.